The van der Waals surface area contributed by atoms with Crippen LogP contribution in [0.3, 0.4) is 0 Å². The third-order valence-corrected chi connectivity index (χ3v) is 10.4. The number of alkyl halides is 3. The average Bonchev–Trinajstić information content (AvgIpc) is 3.77. The highest BCUT2D eigenvalue weighted by Crippen LogP contribution is 2.45. The molecular formula is C27H28ClF4N3O4S. The van der Waals surface area contributed by atoms with E-state index in [1.807, 2.05) is 4.72 Å². The van der Waals surface area contributed by atoms with Crippen LogP contribution < -0.4 is 9.46 Å². The molecule has 1 aromatic heterocycles. The molecular weight excluding hydrogens is 574 g/mol. The van der Waals surface area contributed by atoms with Gasteiger partial charge in [-0.05, 0) is 80.5 Å². The zero-order valence-corrected chi connectivity index (χ0v) is 23.0. The van der Waals surface area contributed by atoms with E-state index >= 15 is 4.39 Å². The number of nitrogens with zero attached hydrogens (tertiary/aromatic N) is 2. The van der Waals surface area contributed by atoms with Gasteiger partial charge in [0.1, 0.15) is 11.9 Å². The van der Waals surface area contributed by atoms with Crippen molar-refractivity contribution < 1.29 is 35.5 Å². The largest absolute Gasteiger partial charge is 0.474 e. The van der Waals surface area contributed by atoms with E-state index in [4.69, 9.17) is 16.3 Å². The van der Waals surface area contributed by atoms with E-state index in [1.54, 1.807) is 0 Å². The van der Waals surface area contributed by atoms with Crippen molar-refractivity contribution in [2.45, 2.75) is 93.4 Å². The average molecular weight is 602 g/mol. The quantitative estimate of drug-likeness (QED) is 0.398. The van der Waals surface area contributed by atoms with Gasteiger partial charge in [0.25, 0.3) is 5.91 Å². The molecule has 216 valence electrons. The molecule has 6 rings (SSSR count). The summed E-state index contributed by atoms with van der Waals surface area (Å²) in [5.41, 5.74) is 0.375. The van der Waals surface area contributed by atoms with Gasteiger partial charge in [0.15, 0.2) is 0 Å². The van der Waals surface area contributed by atoms with Crippen molar-refractivity contribution in [2.75, 3.05) is 0 Å². The second-order valence-corrected chi connectivity index (χ2v) is 13.6. The lowest BCUT2D eigenvalue weighted by molar-refractivity contribution is -0.137. The minimum atomic E-state index is -4.61. The van der Waals surface area contributed by atoms with Crippen LogP contribution in [0.15, 0.2) is 24.4 Å². The number of hydrogen-bond donors (Lipinski definition) is 1. The molecule has 3 heterocycles. The third kappa shape index (κ3) is 5.67. The molecule has 2 saturated heterocycles. The van der Waals surface area contributed by atoms with E-state index in [0.717, 1.165) is 49.1 Å². The Kier molecular flexibility index (Phi) is 7.02. The summed E-state index contributed by atoms with van der Waals surface area (Å²) >= 11 is 5.68. The molecule has 1 amide bonds. The molecule has 1 N–H and O–H groups in total. The monoisotopic (exact) mass is 601 g/mol. The molecule has 40 heavy (non-hydrogen) atoms. The molecule has 0 spiro atoms. The summed E-state index contributed by atoms with van der Waals surface area (Å²) < 4.78 is 87.2. The number of carbonyl (C=O) groups is 1. The lowest BCUT2D eigenvalue weighted by Gasteiger charge is -2.39. The fourth-order valence-electron chi connectivity index (χ4n) is 6.01. The summed E-state index contributed by atoms with van der Waals surface area (Å²) in [4.78, 5) is 18.9. The van der Waals surface area contributed by atoms with Crippen LogP contribution in [-0.4, -0.2) is 47.6 Å². The number of halogens is 5. The topological polar surface area (TPSA) is 88.6 Å². The highest BCUT2D eigenvalue weighted by molar-refractivity contribution is 7.91. The van der Waals surface area contributed by atoms with Crippen molar-refractivity contribution in [1.29, 1.82) is 0 Å². The maximum Gasteiger partial charge on any atom is 0.418 e. The van der Waals surface area contributed by atoms with E-state index < -0.39 is 43.8 Å². The highest BCUT2D eigenvalue weighted by atomic mass is 35.5. The molecule has 4 aliphatic rings. The number of fused-ring (bicyclic) bond motifs is 2. The van der Waals surface area contributed by atoms with Crippen LogP contribution in [0.1, 0.15) is 84.3 Å². The zero-order valence-electron chi connectivity index (χ0n) is 21.4. The van der Waals surface area contributed by atoms with E-state index in [9.17, 15) is 26.4 Å². The first-order valence-electron chi connectivity index (χ1n) is 13.4. The number of pyridine rings is 1. The number of hydrogen-bond acceptors (Lipinski definition) is 6. The van der Waals surface area contributed by atoms with E-state index in [2.05, 4.69) is 9.88 Å². The van der Waals surface area contributed by atoms with Gasteiger partial charge in [-0.3, -0.25) is 9.69 Å². The van der Waals surface area contributed by atoms with Gasteiger partial charge in [-0.15, -0.1) is 0 Å². The Balaban J connectivity index is 1.16. The SMILES string of the molecule is O=C(NS(=O)(=O)C1CC1)c1cc(C2CC2)c(CN2C3CCC2CC(Oc2cc(C(F)(F)F)c(Cl)cn2)C3)cc1F. The van der Waals surface area contributed by atoms with Crippen molar-refractivity contribution in [3.63, 3.8) is 0 Å². The Morgan fingerprint density at radius 1 is 1.07 bits per heavy atom. The van der Waals surface area contributed by atoms with Gasteiger partial charge >= 0.3 is 6.18 Å². The molecule has 13 heteroatoms. The minimum absolute atomic E-state index is 0.0971. The molecule has 2 atom stereocenters. The smallest absolute Gasteiger partial charge is 0.418 e. The van der Waals surface area contributed by atoms with Crippen molar-refractivity contribution in [1.82, 2.24) is 14.6 Å². The lowest BCUT2D eigenvalue weighted by atomic mass is 9.95. The molecule has 2 unspecified atom stereocenters. The summed E-state index contributed by atoms with van der Waals surface area (Å²) in [6, 6.07) is 3.88. The number of sulfonamides is 1. The van der Waals surface area contributed by atoms with Gasteiger partial charge in [0.05, 0.1) is 27.6 Å². The standard InChI is InChI=1S/C27H28ClF4N3O4S/c28-23-12-33-25(11-22(23)27(30,31)32)39-18-8-16-3-4-17(9-18)35(16)13-15-7-24(29)21(10-20(15)14-1-2-14)26(36)34-40(37,38)19-5-6-19/h7,10-12,14,16-19H,1-6,8-9,13H2,(H,34,36). The third-order valence-electron chi connectivity index (χ3n) is 8.31. The van der Waals surface area contributed by atoms with Crippen LogP contribution in [0, 0.1) is 5.82 Å². The van der Waals surface area contributed by atoms with Gasteiger partial charge in [-0.25, -0.2) is 22.5 Å². The van der Waals surface area contributed by atoms with Crippen LogP contribution in [0.25, 0.3) is 0 Å². The van der Waals surface area contributed by atoms with Crippen molar-refractivity contribution in [2.24, 2.45) is 0 Å². The van der Waals surface area contributed by atoms with Gasteiger partial charge in [-0.2, -0.15) is 13.2 Å². The fraction of sp³-hybridized carbons (Fsp3) is 0.556. The Morgan fingerprint density at radius 3 is 2.35 bits per heavy atom. The number of piperidine rings is 1. The molecule has 0 radical (unpaired) electrons. The van der Waals surface area contributed by atoms with Crippen LogP contribution >= 0.6 is 11.6 Å². The number of benzene rings is 1. The van der Waals surface area contributed by atoms with Crippen molar-refractivity contribution >= 4 is 27.5 Å². The van der Waals surface area contributed by atoms with E-state index in [1.165, 1.54) is 12.1 Å². The Bertz CT molecular complexity index is 1430. The zero-order chi connectivity index (χ0) is 28.4. The van der Waals surface area contributed by atoms with Gasteiger partial charge in [0, 0.05) is 24.7 Å². The van der Waals surface area contributed by atoms with Crippen molar-refractivity contribution in [3.05, 3.63) is 57.5 Å². The number of nitrogens with one attached hydrogen (secondary N) is 1. The second-order valence-electron chi connectivity index (χ2n) is 11.2. The Hall–Kier alpha value is -2.44. The van der Waals surface area contributed by atoms with Crippen molar-refractivity contribution in [3.8, 4) is 5.88 Å². The summed E-state index contributed by atoms with van der Waals surface area (Å²) in [5, 5.41) is -1.08. The number of carbonyl (C=O) groups excluding carboxylic acids is 1. The second kappa shape index (κ2) is 10.1. The summed E-state index contributed by atoms with van der Waals surface area (Å²) in [5.74, 6) is -1.63. The Morgan fingerprint density at radius 2 is 1.75 bits per heavy atom. The first kappa shape index (κ1) is 27.7. The minimum Gasteiger partial charge on any atom is -0.474 e. The molecule has 4 fully saturated rings. The first-order valence-corrected chi connectivity index (χ1v) is 15.3. The predicted molar refractivity (Wildman–Crippen MR) is 138 cm³/mol. The normalized spacial score (nSPS) is 25.2. The maximum atomic E-state index is 15.2. The van der Waals surface area contributed by atoms with E-state index in [-0.39, 0.29) is 35.5 Å². The van der Waals surface area contributed by atoms with Crippen LogP contribution in [-0.2, 0) is 22.7 Å². The number of ether oxygens (including phenoxy) is 1. The molecule has 1 aromatic carbocycles. The van der Waals surface area contributed by atoms with Crippen LogP contribution in [0.4, 0.5) is 17.6 Å². The lowest BCUT2D eigenvalue weighted by Crippen LogP contribution is -2.46. The molecule has 2 aliphatic heterocycles. The van der Waals surface area contributed by atoms with Crippen LogP contribution in [0.2, 0.25) is 5.02 Å². The van der Waals surface area contributed by atoms with Gasteiger partial charge < -0.3 is 4.74 Å². The number of amides is 1. The summed E-state index contributed by atoms with van der Waals surface area (Å²) in [7, 11) is -3.80. The molecule has 2 aromatic rings. The fourth-order valence-corrected chi connectivity index (χ4v) is 7.51. The summed E-state index contributed by atoms with van der Waals surface area (Å²) in [6.45, 7) is 0.463. The highest BCUT2D eigenvalue weighted by Gasteiger charge is 2.43. The number of aromatic nitrogens is 1. The summed E-state index contributed by atoms with van der Waals surface area (Å²) in [6.07, 6.45) is 1.76. The predicted octanol–water partition coefficient (Wildman–Crippen LogP) is 5.57. The molecule has 2 aliphatic carbocycles. The first-order chi connectivity index (χ1) is 18.9. The van der Waals surface area contributed by atoms with Gasteiger partial charge in [-0.1, -0.05) is 11.6 Å². The molecule has 2 bridgehead atoms. The molecule has 2 saturated carbocycles. The number of rotatable bonds is 8. The molecule has 7 nitrogen and oxygen atoms in total. The van der Waals surface area contributed by atoms with E-state index in [0.29, 0.717) is 32.2 Å². The Labute approximate surface area is 234 Å². The van der Waals surface area contributed by atoms with Crippen LogP contribution in [0.5, 0.6) is 5.88 Å². The van der Waals surface area contributed by atoms with Gasteiger partial charge in [0.2, 0.25) is 15.9 Å². The maximum absolute atomic E-state index is 15.2.